The Morgan fingerprint density at radius 1 is 1.03 bits per heavy atom. The van der Waals surface area contributed by atoms with Crippen LogP contribution in [0.4, 0.5) is 4.79 Å². The smallest absolute Gasteiger partial charge is 0.434 e. The highest BCUT2D eigenvalue weighted by atomic mass is 16.6. The molecule has 2 aliphatic rings. The van der Waals surface area contributed by atoms with Gasteiger partial charge in [0.1, 0.15) is 5.60 Å². The van der Waals surface area contributed by atoms with Gasteiger partial charge in [0.2, 0.25) is 0 Å². The van der Waals surface area contributed by atoms with Crippen molar-refractivity contribution >= 4 is 11.8 Å². The molecule has 1 saturated heterocycles. The van der Waals surface area contributed by atoms with Gasteiger partial charge in [0.05, 0.1) is 11.5 Å². The van der Waals surface area contributed by atoms with Gasteiger partial charge in [-0.1, -0.05) is 60.7 Å². The number of carbonyl (C=O) groups is 1. The van der Waals surface area contributed by atoms with Crippen LogP contribution in [-0.4, -0.2) is 35.4 Å². The molecule has 0 unspecified atom stereocenters. The van der Waals surface area contributed by atoms with Crippen molar-refractivity contribution in [3.8, 4) is 6.07 Å². The summed E-state index contributed by atoms with van der Waals surface area (Å²) in [6.45, 7) is 8.41. The average molecular weight is 472 g/mol. The van der Waals surface area contributed by atoms with Crippen molar-refractivity contribution in [2.75, 3.05) is 13.1 Å². The van der Waals surface area contributed by atoms with Gasteiger partial charge in [0.25, 0.3) is 0 Å². The quantitative estimate of drug-likeness (QED) is 0.497. The molecule has 0 aromatic heterocycles. The number of nitriles is 1. The second-order valence-electron chi connectivity index (χ2n) is 10.9. The van der Waals surface area contributed by atoms with Crippen LogP contribution in [0.3, 0.4) is 0 Å². The maximum absolute atomic E-state index is 12.6. The van der Waals surface area contributed by atoms with Crippen LogP contribution >= 0.6 is 0 Å². The van der Waals surface area contributed by atoms with Crippen molar-refractivity contribution in [1.29, 1.82) is 5.26 Å². The monoisotopic (exact) mass is 471 g/mol. The third-order valence-electron chi connectivity index (χ3n) is 7.42. The molecule has 1 aliphatic carbocycles. The molecule has 5 heteroatoms. The van der Waals surface area contributed by atoms with Crippen LogP contribution in [0.2, 0.25) is 0 Å². The van der Waals surface area contributed by atoms with Gasteiger partial charge in [-0.3, -0.25) is 4.90 Å². The third-order valence-corrected chi connectivity index (χ3v) is 7.42. The van der Waals surface area contributed by atoms with Gasteiger partial charge in [0.15, 0.2) is 0 Å². The van der Waals surface area contributed by atoms with E-state index in [1.54, 1.807) is 0 Å². The zero-order valence-electron chi connectivity index (χ0n) is 21.2. The lowest BCUT2D eigenvalue weighted by molar-refractivity contribution is 0.0602. The number of aliphatic imine (C=N–C) groups is 1. The van der Waals surface area contributed by atoms with E-state index in [1.807, 2.05) is 39.0 Å². The fourth-order valence-electron chi connectivity index (χ4n) is 5.91. The molecule has 2 aromatic carbocycles. The fraction of sp³-hybridized carbons (Fsp3) is 0.500. The number of rotatable bonds is 5. The van der Waals surface area contributed by atoms with Gasteiger partial charge >= 0.3 is 6.09 Å². The first-order chi connectivity index (χ1) is 16.8. The number of piperidine rings is 1. The maximum atomic E-state index is 12.6. The summed E-state index contributed by atoms with van der Waals surface area (Å²) in [6, 6.07) is 23.6. The van der Waals surface area contributed by atoms with E-state index < -0.39 is 17.1 Å². The molecule has 2 aromatic rings. The van der Waals surface area contributed by atoms with E-state index in [9.17, 15) is 10.1 Å². The molecule has 1 amide bonds. The van der Waals surface area contributed by atoms with E-state index in [2.05, 4.69) is 58.4 Å². The largest absolute Gasteiger partial charge is 0.442 e. The van der Waals surface area contributed by atoms with Crippen molar-refractivity contribution < 1.29 is 9.53 Å². The SMILES string of the molecule is CC(C)(C)OC(=O)/N=C1\CCC[C@@H]1[C@](C#N)(c1ccccc1)C1CCN(Cc2ccccc2)CC1. The zero-order valence-corrected chi connectivity index (χ0v) is 21.2. The molecule has 0 spiro atoms. The summed E-state index contributed by atoms with van der Waals surface area (Å²) >= 11 is 0. The molecule has 0 N–H and O–H groups in total. The van der Waals surface area contributed by atoms with E-state index in [0.29, 0.717) is 0 Å². The van der Waals surface area contributed by atoms with Crippen molar-refractivity contribution in [1.82, 2.24) is 4.90 Å². The first kappa shape index (κ1) is 25.1. The Bertz CT molecular complexity index is 1060. The lowest BCUT2D eigenvalue weighted by Gasteiger charge is -2.44. The number of hydrogen-bond donors (Lipinski definition) is 0. The Balaban J connectivity index is 1.61. The minimum absolute atomic E-state index is 0.0758. The number of hydrogen-bond acceptors (Lipinski definition) is 4. The summed E-state index contributed by atoms with van der Waals surface area (Å²) in [5, 5.41) is 10.8. The number of carbonyl (C=O) groups excluding carboxylic acids is 1. The molecule has 0 bridgehead atoms. The summed E-state index contributed by atoms with van der Waals surface area (Å²) in [4.78, 5) is 19.5. The molecule has 4 rings (SSSR count). The predicted octanol–water partition coefficient (Wildman–Crippen LogP) is 6.54. The molecular formula is C30H37N3O2. The van der Waals surface area contributed by atoms with Crippen molar-refractivity contribution in [3.63, 3.8) is 0 Å². The molecule has 2 fully saturated rings. The molecule has 35 heavy (non-hydrogen) atoms. The topological polar surface area (TPSA) is 65.7 Å². The second-order valence-corrected chi connectivity index (χ2v) is 10.9. The first-order valence-electron chi connectivity index (χ1n) is 12.9. The molecule has 5 nitrogen and oxygen atoms in total. The first-order valence-corrected chi connectivity index (χ1v) is 12.9. The average Bonchev–Trinajstić information content (AvgIpc) is 3.29. The number of likely N-dealkylation sites (tertiary alicyclic amines) is 1. The number of ether oxygens (including phenoxy) is 1. The van der Waals surface area contributed by atoms with Crippen molar-refractivity contribution in [2.24, 2.45) is 16.8 Å². The lowest BCUT2D eigenvalue weighted by atomic mass is 9.59. The molecular weight excluding hydrogens is 434 g/mol. The number of amides is 1. The Kier molecular flexibility index (Phi) is 7.72. The Hall–Kier alpha value is -2.97. The number of nitrogens with zero attached hydrogens (tertiary/aromatic N) is 3. The zero-order chi connectivity index (χ0) is 24.9. The Morgan fingerprint density at radius 2 is 1.66 bits per heavy atom. The number of benzene rings is 2. The van der Waals surface area contributed by atoms with Crippen LogP contribution in [0.1, 0.15) is 64.0 Å². The maximum Gasteiger partial charge on any atom is 0.434 e. The van der Waals surface area contributed by atoms with E-state index in [4.69, 9.17) is 4.74 Å². The minimum Gasteiger partial charge on any atom is -0.442 e. The molecule has 184 valence electrons. The lowest BCUT2D eigenvalue weighted by Crippen LogP contribution is -2.48. The summed E-state index contributed by atoms with van der Waals surface area (Å²) in [7, 11) is 0. The summed E-state index contributed by atoms with van der Waals surface area (Å²) in [6.07, 6.45) is 3.91. The highest BCUT2D eigenvalue weighted by molar-refractivity contribution is 5.97. The molecule has 1 heterocycles. The standard InChI is InChI=1S/C30H37N3O2/c1-29(2,3)35-28(34)32-27-16-10-15-26(27)30(22-31,24-13-8-5-9-14-24)25-17-19-33(20-18-25)21-23-11-6-4-7-12-23/h4-9,11-14,25-26H,10,15-21H2,1-3H3/b32-27+/t26-,30+/m0/s1. The van der Waals surface area contributed by atoms with Crippen molar-refractivity contribution in [3.05, 3.63) is 71.8 Å². The van der Waals surface area contributed by atoms with Gasteiger partial charge in [-0.15, -0.1) is 0 Å². The van der Waals surface area contributed by atoms with Crippen LogP contribution in [-0.2, 0) is 16.7 Å². The van der Waals surface area contributed by atoms with E-state index in [0.717, 1.165) is 63.0 Å². The van der Waals surface area contributed by atoms with E-state index in [1.165, 1.54) is 5.56 Å². The predicted molar refractivity (Wildman–Crippen MR) is 139 cm³/mol. The van der Waals surface area contributed by atoms with Gasteiger partial charge in [-0.2, -0.15) is 10.3 Å². The minimum atomic E-state index is -0.697. The Labute approximate surface area is 209 Å². The van der Waals surface area contributed by atoms with Gasteiger partial charge in [-0.25, -0.2) is 4.79 Å². The summed E-state index contributed by atoms with van der Waals surface area (Å²) in [5.41, 5.74) is 1.91. The highest BCUT2D eigenvalue weighted by Gasteiger charge is 2.51. The summed E-state index contributed by atoms with van der Waals surface area (Å²) < 4.78 is 5.50. The van der Waals surface area contributed by atoms with Crippen LogP contribution in [0.5, 0.6) is 0 Å². The van der Waals surface area contributed by atoms with E-state index in [-0.39, 0.29) is 11.8 Å². The van der Waals surface area contributed by atoms with Crippen LogP contribution in [0, 0.1) is 23.2 Å². The van der Waals surface area contributed by atoms with Gasteiger partial charge < -0.3 is 4.74 Å². The van der Waals surface area contributed by atoms with Crippen LogP contribution in [0.15, 0.2) is 65.7 Å². The molecule has 1 saturated carbocycles. The van der Waals surface area contributed by atoms with Crippen LogP contribution < -0.4 is 0 Å². The molecule has 2 atom stereocenters. The molecule has 1 aliphatic heterocycles. The Morgan fingerprint density at radius 3 is 2.26 bits per heavy atom. The second kappa shape index (κ2) is 10.7. The normalized spacial score (nSPS) is 22.5. The fourth-order valence-corrected chi connectivity index (χ4v) is 5.91. The highest BCUT2D eigenvalue weighted by Crippen LogP contribution is 2.49. The molecule has 0 radical (unpaired) electrons. The van der Waals surface area contributed by atoms with Gasteiger partial charge in [0, 0.05) is 18.2 Å². The van der Waals surface area contributed by atoms with Crippen LogP contribution in [0.25, 0.3) is 0 Å². The third kappa shape index (κ3) is 5.82. The van der Waals surface area contributed by atoms with E-state index >= 15 is 0 Å². The van der Waals surface area contributed by atoms with Crippen molar-refractivity contribution in [2.45, 2.75) is 70.4 Å². The van der Waals surface area contributed by atoms with Gasteiger partial charge in [-0.05, 0) is 83.0 Å². The summed E-state index contributed by atoms with van der Waals surface area (Å²) in [5.74, 6) is 0.127.